The fourth-order valence-electron chi connectivity index (χ4n) is 2.33. The molecule has 0 aliphatic carbocycles. The van der Waals surface area contributed by atoms with E-state index in [4.69, 9.17) is 5.11 Å². The van der Waals surface area contributed by atoms with E-state index < -0.39 is 11.9 Å². The Labute approximate surface area is 135 Å². The molecule has 0 saturated carbocycles. The average molecular weight is 315 g/mol. The summed E-state index contributed by atoms with van der Waals surface area (Å²) in [6, 6.07) is 9.72. The van der Waals surface area contributed by atoms with Crippen LogP contribution in [0.2, 0.25) is 0 Å². The lowest BCUT2D eigenvalue weighted by molar-refractivity contribution is -0.141. The summed E-state index contributed by atoms with van der Waals surface area (Å²) in [5.74, 6) is -1.72. The van der Waals surface area contributed by atoms with E-state index in [1.165, 1.54) is 0 Å². The highest BCUT2D eigenvalue weighted by Crippen LogP contribution is 2.18. The topological polar surface area (TPSA) is 84.2 Å². The molecule has 1 aromatic heterocycles. The molecule has 0 saturated heterocycles. The average Bonchev–Trinajstić information content (AvgIpc) is 2.81. The minimum absolute atomic E-state index is 0.124. The zero-order valence-corrected chi connectivity index (χ0v) is 13.5. The molecule has 1 heterocycles. The highest BCUT2D eigenvalue weighted by molar-refractivity contribution is 5.80. The molecule has 2 aromatic rings. The Bertz CT molecular complexity index is 707. The Morgan fingerprint density at radius 2 is 1.91 bits per heavy atom. The van der Waals surface area contributed by atoms with Gasteiger partial charge < -0.3 is 10.4 Å². The van der Waals surface area contributed by atoms with Crippen LogP contribution in [0.15, 0.2) is 30.3 Å². The van der Waals surface area contributed by atoms with E-state index in [2.05, 4.69) is 10.4 Å². The summed E-state index contributed by atoms with van der Waals surface area (Å²) in [5.41, 5.74) is 3.52. The molecule has 23 heavy (non-hydrogen) atoms. The summed E-state index contributed by atoms with van der Waals surface area (Å²) in [6.45, 7) is 5.48. The second-order valence-corrected chi connectivity index (χ2v) is 5.62. The number of hydrogen-bond donors (Lipinski definition) is 2. The first-order valence-corrected chi connectivity index (χ1v) is 7.50. The van der Waals surface area contributed by atoms with E-state index in [-0.39, 0.29) is 18.9 Å². The second kappa shape index (κ2) is 7.09. The first-order valence-electron chi connectivity index (χ1n) is 7.50. The Hall–Kier alpha value is -2.63. The number of nitrogens with one attached hydrogen (secondary N) is 1. The van der Waals surface area contributed by atoms with E-state index in [9.17, 15) is 9.59 Å². The minimum atomic E-state index is -0.922. The maximum Gasteiger partial charge on any atom is 0.308 e. The number of carboxylic acid groups (broad SMARTS) is 1. The molecule has 0 aliphatic rings. The van der Waals surface area contributed by atoms with Gasteiger partial charge in [0.1, 0.15) is 0 Å². The number of carbonyl (C=O) groups excluding carboxylic acids is 1. The molecule has 122 valence electrons. The van der Waals surface area contributed by atoms with Gasteiger partial charge in [0.2, 0.25) is 5.91 Å². The van der Waals surface area contributed by atoms with Crippen molar-refractivity contribution in [2.24, 2.45) is 5.92 Å². The van der Waals surface area contributed by atoms with Gasteiger partial charge in [-0.2, -0.15) is 5.10 Å². The molecule has 1 atom stereocenters. The smallest absolute Gasteiger partial charge is 0.308 e. The van der Waals surface area contributed by atoms with E-state index in [0.29, 0.717) is 0 Å². The van der Waals surface area contributed by atoms with Crippen LogP contribution in [0, 0.1) is 19.8 Å². The molecule has 0 fully saturated rings. The third-order valence-corrected chi connectivity index (χ3v) is 3.81. The van der Waals surface area contributed by atoms with Crippen LogP contribution >= 0.6 is 0 Å². The van der Waals surface area contributed by atoms with Gasteiger partial charge in [-0.15, -0.1) is 0 Å². The molecule has 1 amide bonds. The van der Waals surface area contributed by atoms with E-state index in [1.807, 2.05) is 48.9 Å². The van der Waals surface area contributed by atoms with Crippen molar-refractivity contribution in [2.75, 3.05) is 6.54 Å². The molecular formula is C17H21N3O3. The molecule has 0 bridgehead atoms. The van der Waals surface area contributed by atoms with Crippen molar-refractivity contribution in [3.8, 4) is 5.69 Å². The van der Waals surface area contributed by atoms with E-state index in [0.717, 1.165) is 22.6 Å². The van der Waals surface area contributed by atoms with Gasteiger partial charge >= 0.3 is 5.97 Å². The van der Waals surface area contributed by atoms with Crippen LogP contribution in [0.4, 0.5) is 0 Å². The van der Waals surface area contributed by atoms with E-state index in [1.54, 1.807) is 6.92 Å². The molecule has 2 rings (SSSR count). The van der Waals surface area contributed by atoms with Crippen LogP contribution < -0.4 is 5.32 Å². The predicted octanol–water partition coefficient (Wildman–Crippen LogP) is 1.87. The molecule has 0 aliphatic heterocycles. The molecule has 0 unspecified atom stereocenters. The van der Waals surface area contributed by atoms with Crippen molar-refractivity contribution in [2.45, 2.75) is 27.2 Å². The fourth-order valence-corrected chi connectivity index (χ4v) is 2.33. The Balaban J connectivity index is 2.11. The maximum absolute atomic E-state index is 12.0. The normalized spacial score (nSPS) is 12.0. The summed E-state index contributed by atoms with van der Waals surface area (Å²) in [5, 5.41) is 16.0. The van der Waals surface area contributed by atoms with Crippen molar-refractivity contribution in [3.05, 3.63) is 47.3 Å². The first-order chi connectivity index (χ1) is 10.9. The van der Waals surface area contributed by atoms with Crippen molar-refractivity contribution in [3.63, 3.8) is 0 Å². The third-order valence-electron chi connectivity index (χ3n) is 3.81. The molecule has 6 heteroatoms. The maximum atomic E-state index is 12.0. The molecule has 6 nitrogen and oxygen atoms in total. The largest absolute Gasteiger partial charge is 0.481 e. The van der Waals surface area contributed by atoms with Crippen LogP contribution in [0.5, 0.6) is 0 Å². The molecule has 2 N–H and O–H groups in total. The van der Waals surface area contributed by atoms with Gasteiger partial charge in [0.15, 0.2) is 0 Å². The van der Waals surface area contributed by atoms with Crippen LogP contribution in [0.25, 0.3) is 5.69 Å². The number of benzene rings is 1. The van der Waals surface area contributed by atoms with Gasteiger partial charge in [-0.05, 0) is 26.0 Å². The van der Waals surface area contributed by atoms with Gasteiger partial charge in [0.25, 0.3) is 0 Å². The summed E-state index contributed by atoms with van der Waals surface area (Å²) < 4.78 is 1.82. The fraction of sp³-hybridized carbons (Fsp3) is 0.353. The predicted molar refractivity (Wildman–Crippen MR) is 86.6 cm³/mol. The van der Waals surface area contributed by atoms with Gasteiger partial charge in [0.05, 0.1) is 23.7 Å². The molecular weight excluding hydrogens is 294 g/mol. The SMILES string of the molecule is Cc1nn(-c2ccccc2)c(C)c1CC(=O)NC[C@@H](C)C(=O)O. The molecule has 1 aromatic carbocycles. The number of hydrogen-bond acceptors (Lipinski definition) is 3. The number of aliphatic carboxylic acids is 1. The summed E-state index contributed by atoms with van der Waals surface area (Å²) in [6.07, 6.45) is 0.191. The number of nitrogens with zero attached hydrogens (tertiary/aromatic N) is 2. The Kier molecular flexibility index (Phi) is 5.16. The number of carboxylic acids is 1. The molecule has 0 spiro atoms. The Morgan fingerprint density at radius 1 is 1.26 bits per heavy atom. The zero-order chi connectivity index (χ0) is 17.0. The van der Waals surface area contributed by atoms with Crippen molar-refractivity contribution < 1.29 is 14.7 Å². The van der Waals surface area contributed by atoms with Gasteiger partial charge in [-0.25, -0.2) is 4.68 Å². The van der Waals surface area contributed by atoms with Crippen LogP contribution in [0.1, 0.15) is 23.9 Å². The van der Waals surface area contributed by atoms with Gasteiger partial charge in [-0.1, -0.05) is 25.1 Å². The highest BCUT2D eigenvalue weighted by Gasteiger charge is 2.17. The number of para-hydroxylation sites is 1. The van der Waals surface area contributed by atoms with E-state index >= 15 is 0 Å². The standard InChI is InChI=1S/C17H21N3O3/c1-11(17(22)23)10-18-16(21)9-15-12(2)19-20(13(15)3)14-7-5-4-6-8-14/h4-8,11H,9-10H2,1-3H3,(H,18,21)(H,22,23)/t11-/m1/s1. The van der Waals surface area contributed by atoms with Crippen LogP contribution in [-0.2, 0) is 16.0 Å². The lowest BCUT2D eigenvalue weighted by atomic mass is 10.1. The number of carbonyl (C=O) groups is 2. The van der Waals surface area contributed by atoms with Crippen molar-refractivity contribution >= 4 is 11.9 Å². The van der Waals surface area contributed by atoms with Crippen molar-refractivity contribution in [1.29, 1.82) is 0 Å². The van der Waals surface area contributed by atoms with Crippen LogP contribution in [-0.4, -0.2) is 33.3 Å². The summed E-state index contributed by atoms with van der Waals surface area (Å²) in [4.78, 5) is 22.8. The van der Waals surface area contributed by atoms with Crippen LogP contribution in [0.3, 0.4) is 0 Å². The van der Waals surface area contributed by atoms with Crippen molar-refractivity contribution in [1.82, 2.24) is 15.1 Å². The Morgan fingerprint density at radius 3 is 2.52 bits per heavy atom. The summed E-state index contributed by atoms with van der Waals surface area (Å²) in [7, 11) is 0. The minimum Gasteiger partial charge on any atom is -0.481 e. The quantitative estimate of drug-likeness (QED) is 0.852. The number of rotatable bonds is 6. The number of aryl methyl sites for hydroxylation is 1. The third kappa shape index (κ3) is 3.97. The first kappa shape index (κ1) is 16.7. The monoisotopic (exact) mass is 315 g/mol. The lowest BCUT2D eigenvalue weighted by Crippen LogP contribution is -2.32. The lowest BCUT2D eigenvalue weighted by Gasteiger charge is -2.09. The summed E-state index contributed by atoms with van der Waals surface area (Å²) >= 11 is 0. The van der Waals surface area contributed by atoms with Gasteiger partial charge in [-0.3, -0.25) is 9.59 Å². The second-order valence-electron chi connectivity index (χ2n) is 5.62. The molecule has 0 radical (unpaired) electrons. The number of aromatic nitrogens is 2. The highest BCUT2D eigenvalue weighted by atomic mass is 16.4. The van der Waals surface area contributed by atoms with Gasteiger partial charge in [0, 0.05) is 17.8 Å². The number of amides is 1. The zero-order valence-electron chi connectivity index (χ0n) is 13.5.